The number of aromatic carboxylic acids is 1. The van der Waals surface area contributed by atoms with Crippen LogP contribution in [-0.2, 0) is 17.6 Å². The highest BCUT2D eigenvalue weighted by molar-refractivity contribution is 6.38. The van der Waals surface area contributed by atoms with E-state index in [0.717, 1.165) is 0 Å². The second kappa shape index (κ2) is 19.8. The minimum Gasteiger partial charge on any atom is -0.491 e. The van der Waals surface area contributed by atoms with Gasteiger partial charge in [0, 0.05) is 24.0 Å². The van der Waals surface area contributed by atoms with Gasteiger partial charge >= 0.3 is 11.9 Å². The Hall–Kier alpha value is -4.08. The molecule has 0 aliphatic heterocycles. The van der Waals surface area contributed by atoms with Gasteiger partial charge in [0.05, 0.1) is 51.0 Å². The average Bonchev–Trinajstić information content (AvgIpc) is 3.05. The molecule has 12 heteroatoms. The van der Waals surface area contributed by atoms with E-state index in [0.29, 0.717) is 79.2 Å². The molecule has 0 fully saturated rings. The van der Waals surface area contributed by atoms with Crippen LogP contribution >= 0.6 is 46.4 Å². The monoisotopic (exact) mass is 748 g/mol. The molecule has 4 rings (SSSR count). The summed E-state index contributed by atoms with van der Waals surface area (Å²) in [7, 11) is 0. The molecule has 0 bridgehead atoms. The van der Waals surface area contributed by atoms with Crippen molar-refractivity contribution in [3.63, 3.8) is 0 Å². The highest BCUT2D eigenvalue weighted by atomic mass is 35.5. The lowest BCUT2D eigenvalue weighted by Gasteiger charge is -2.10. The van der Waals surface area contributed by atoms with Gasteiger partial charge in [-0.15, -0.1) is 0 Å². The summed E-state index contributed by atoms with van der Waals surface area (Å²) in [5, 5.41) is 10.3. The molecule has 8 nitrogen and oxygen atoms in total. The Morgan fingerprint density at radius 3 is 1.18 bits per heavy atom. The highest BCUT2D eigenvalue weighted by Gasteiger charge is 2.15. The second-order valence-corrected chi connectivity index (χ2v) is 11.7. The smallest absolute Gasteiger partial charge is 0.338 e. The van der Waals surface area contributed by atoms with Crippen LogP contribution in [0.3, 0.4) is 0 Å². The van der Waals surface area contributed by atoms with Crippen molar-refractivity contribution in [3.05, 3.63) is 126 Å². The van der Waals surface area contributed by atoms with Crippen molar-refractivity contribution >= 4 is 69.9 Å². The predicted molar refractivity (Wildman–Crippen MR) is 194 cm³/mol. The van der Waals surface area contributed by atoms with E-state index < -0.39 is 11.9 Å². The average molecular weight is 750 g/mol. The number of ketones is 2. The summed E-state index contributed by atoms with van der Waals surface area (Å²) in [6.07, 6.45) is 0.253. The van der Waals surface area contributed by atoms with Gasteiger partial charge < -0.3 is 19.3 Å². The van der Waals surface area contributed by atoms with Crippen LogP contribution in [-0.4, -0.2) is 48.4 Å². The summed E-state index contributed by atoms with van der Waals surface area (Å²) in [6, 6.07) is 18.7. The molecule has 4 aromatic rings. The summed E-state index contributed by atoms with van der Waals surface area (Å²) in [6.45, 7) is 6.59. The van der Waals surface area contributed by atoms with Gasteiger partial charge in [0.1, 0.15) is 0 Å². The Kier molecular flexibility index (Phi) is 16.6. The fourth-order valence-corrected chi connectivity index (χ4v) is 5.66. The van der Waals surface area contributed by atoms with Crippen LogP contribution in [0, 0.1) is 0 Å². The minimum absolute atomic E-state index is 0. The zero-order chi connectivity index (χ0) is 35.4. The first-order chi connectivity index (χ1) is 22.9. The molecule has 0 atom stereocenters. The number of ether oxygens (including phenoxy) is 3. The van der Waals surface area contributed by atoms with Crippen LogP contribution in [0.25, 0.3) is 0 Å². The highest BCUT2D eigenvalue weighted by Crippen LogP contribution is 2.35. The SMILES string of the molecule is C.CCOC(=O)c1ccc(C(=O)Cc2cc(Cl)c(OCC)c(Cl)c2)cc1.CCOc1c(Cl)cc(CC(=O)c2ccc(C(=O)O)cc2)cc1Cl. The van der Waals surface area contributed by atoms with Crippen LogP contribution in [0.2, 0.25) is 20.1 Å². The third-order valence-electron chi connectivity index (χ3n) is 6.59. The standard InChI is InChI=1S/C19H18Cl2O4.C17H14Cl2O4.CH4/c1-3-24-18-15(20)9-12(10-16(18)21)11-17(22)13-5-7-14(8-6-13)19(23)25-4-2;1-2-23-16-13(18)7-10(8-14(16)19)9-15(20)11-3-5-12(6-4-11)17(21)22;/h5-10H,3-4,11H2,1-2H3;3-8H,2,9H2,1H3,(H,21,22);1H4. The summed E-state index contributed by atoms with van der Waals surface area (Å²) in [4.78, 5) is 47.1. The quantitative estimate of drug-likeness (QED) is 0.106. The van der Waals surface area contributed by atoms with E-state index in [4.69, 9.17) is 65.7 Å². The first kappa shape index (κ1) is 41.1. The molecule has 4 aromatic carbocycles. The number of esters is 1. The largest absolute Gasteiger partial charge is 0.491 e. The van der Waals surface area contributed by atoms with Crippen molar-refractivity contribution < 1.29 is 38.5 Å². The van der Waals surface area contributed by atoms with E-state index in [2.05, 4.69) is 0 Å². The zero-order valence-electron chi connectivity index (χ0n) is 26.3. The van der Waals surface area contributed by atoms with Crippen LogP contribution in [0.5, 0.6) is 11.5 Å². The number of Topliss-reactive ketones (excluding diaryl/α,β-unsaturated/α-hetero) is 2. The number of benzene rings is 4. The van der Waals surface area contributed by atoms with E-state index in [1.807, 2.05) is 13.8 Å². The van der Waals surface area contributed by atoms with Crippen LogP contribution in [0.15, 0.2) is 72.8 Å². The number of carbonyl (C=O) groups excluding carboxylic acids is 3. The predicted octanol–water partition coefficient (Wildman–Crippen LogP) is 10.1. The number of carbonyl (C=O) groups is 4. The molecular weight excluding hydrogens is 714 g/mol. The van der Waals surface area contributed by atoms with E-state index in [-0.39, 0.29) is 37.4 Å². The number of rotatable bonds is 13. The normalized spacial score (nSPS) is 10.2. The lowest BCUT2D eigenvalue weighted by molar-refractivity contribution is 0.0525. The number of carboxylic acid groups (broad SMARTS) is 1. The van der Waals surface area contributed by atoms with Crippen LogP contribution in [0.1, 0.15) is 80.8 Å². The van der Waals surface area contributed by atoms with Crippen molar-refractivity contribution in [1.29, 1.82) is 0 Å². The summed E-state index contributed by atoms with van der Waals surface area (Å²) in [5.41, 5.74) is 2.82. The molecule has 0 radical (unpaired) electrons. The van der Waals surface area contributed by atoms with Crippen LogP contribution in [0.4, 0.5) is 0 Å². The first-order valence-corrected chi connectivity index (χ1v) is 16.3. The molecule has 0 aliphatic carbocycles. The van der Waals surface area contributed by atoms with E-state index in [1.54, 1.807) is 55.5 Å². The molecule has 0 saturated carbocycles. The second-order valence-electron chi connectivity index (χ2n) is 10.0. The maximum absolute atomic E-state index is 12.4. The third-order valence-corrected chi connectivity index (χ3v) is 7.72. The third kappa shape index (κ3) is 11.8. The van der Waals surface area contributed by atoms with Crippen molar-refractivity contribution in [2.24, 2.45) is 0 Å². The molecule has 0 heterocycles. The van der Waals surface area contributed by atoms with E-state index >= 15 is 0 Å². The molecular formula is C37H36Cl4O8. The fourth-order valence-electron chi connectivity index (χ4n) is 4.37. The van der Waals surface area contributed by atoms with Gasteiger partial charge in [-0.2, -0.15) is 0 Å². The Morgan fingerprint density at radius 2 is 0.878 bits per heavy atom. The summed E-state index contributed by atoms with van der Waals surface area (Å²) in [5.74, 6) is -0.885. The van der Waals surface area contributed by atoms with Crippen molar-refractivity contribution in [2.75, 3.05) is 19.8 Å². The van der Waals surface area contributed by atoms with Crippen molar-refractivity contribution in [3.8, 4) is 11.5 Å². The maximum atomic E-state index is 12.4. The zero-order valence-corrected chi connectivity index (χ0v) is 29.3. The molecule has 0 aliphatic rings. The summed E-state index contributed by atoms with van der Waals surface area (Å²) < 4.78 is 15.6. The Bertz CT molecular complexity index is 1720. The van der Waals surface area contributed by atoms with Crippen molar-refractivity contribution in [1.82, 2.24) is 0 Å². The van der Waals surface area contributed by atoms with Gasteiger partial charge in [0.2, 0.25) is 0 Å². The molecule has 0 spiro atoms. The topological polar surface area (TPSA) is 116 Å². The van der Waals surface area contributed by atoms with Gasteiger partial charge in [-0.1, -0.05) is 78.1 Å². The number of hydrogen-bond acceptors (Lipinski definition) is 7. The molecule has 0 saturated heterocycles. The van der Waals surface area contributed by atoms with Gasteiger partial charge in [-0.25, -0.2) is 9.59 Å². The molecule has 1 N–H and O–H groups in total. The Balaban J connectivity index is 0.000000334. The first-order valence-electron chi connectivity index (χ1n) is 14.8. The Labute approximate surface area is 305 Å². The fraction of sp³-hybridized carbons (Fsp3) is 0.243. The number of halogens is 4. The lowest BCUT2D eigenvalue weighted by Crippen LogP contribution is -2.07. The van der Waals surface area contributed by atoms with Crippen LogP contribution < -0.4 is 9.47 Å². The van der Waals surface area contributed by atoms with E-state index in [1.165, 1.54) is 24.3 Å². The van der Waals surface area contributed by atoms with Gasteiger partial charge in [-0.3, -0.25) is 9.59 Å². The van der Waals surface area contributed by atoms with Gasteiger partial charge in [0.15, 0.2) is 23.1 Å². The maximum Gasteiger partial charge on any atom is 0.338 e. The molecule has 0 amide bonds. The lowest BCUT2D eigenvalue weighted by atomic mass is 10.0. The minimum atomic E-state index is -1.03. The molecule has 0 aromatic heterocycles. The molecule has 0 unspecified atom stereocenters. The molecule has 260 valence electrons. The van der Waals surface area contributed by atoms with Gasteiger partial charge in [-0.05, 0) is 80.4 Å². The van der Waals surface area contributed by atoms with Gasteiger partial charge in [0.25, 0.3) is 0 Å². The number of carboxylic acids is 1. The van der Waals surface area contributed by atoms with E-state index in [9.17, 15) is 19.2 Å². The van der Waals surface area contributed by atoms with Crippen molar-refractivity contribution in [2.45, 2.75) is 41.0 Å². The molecule has 49 heavy (non-hydrogen) atoms. The summed E-state index contributed by atoms with van der Waals surface area (Å²) >= 11 is 24.5. The Morgan fingerprint density at radius 1 is 0.551 bits per heavy atom. The number of hydrogen-bond donors (Lipinski definition) is 1.